The lowest BCUT2D eigenvalue weighted by molar-refractivity contribution is -0.149. The molecule has 0 aromatic heterocycles. The van der Waals surface area contributed by atoms with Crippen LogP contribution in [-0.4, -0.2) is 31.6 Å². The van der Waals surface area contributed by atoms with Gasteiger partial charge >= 0.3 is 5.97 Å². The number of hydrogen-bond acceptors (Lipinski definition) is 4. The minimum atomic E-state index is -0.663. The summed E-state index contributed by atoms with van der Waals surface area (Å²) in [6, 6.07) is 0. The van der Waals surface area contributed by atoms with Crippen molar-refractivity contribution in [1.29, 1.82) is 0 Å². The monoisotopic (exact) mass is 200 g/mol. The minimum Gasteiger partial charge on any atom is -0.468 e. The molecule has 0 aromatic carbocycles. The Morgan fingerprint density at radius 3 is 2.79 bits per heavy atom. The number of carbonyl (C=O) groups is 2. The predicted octanol–water partition coefficient (Wildman–Crippen LogP) is 0.934. The number of ether oxygens (including phenoxy) is 2. The molecule has 14 heavy (non-hydrogen) atoms. The van der Waals surface area contributed by atoms with E-state index in [4.69, 9.17) is 4.74 Å². The summed E-state index contributed by atoms with van der Waals surface area (Å²) in [5, 5.41) is 0. The Bertz CT molecular complexity index is 218. The summed E-state index contributed by atoms with van der Waals surface area (Å²) in [5.74, 6) is -1.22. The van der Waals surface area contributed by atoms with Crippen LogP contribution in [0.4, 0.5) is 0 Å². The summed E-state index contributed by atoms with van der Waals surface area (Å²) >= 11 is 0. The molecule has 0 radical (unpaired) electrons. The van der Waals surface area contributed by atoms with Crippen molar-refractivity contribution in [3.63, 3.8) is 0 Å². The Hall–Kier alpha value is -0.900. The second kappa shape index (κ2) is 5.10. The molecule has 1 aliphatic heterocycles. The fraction of sp³-hybridized carbons (Fsp3) is 0.800. The first-order valence-electron chi connectivity index (χ1n) is 4.87. The molecular formula is C10H16O4. The van der Waals surface area contributed by atoms with E-state index in [2.05, 4.69) is 4.74 Å². The van der Waals surface area contributed by atoms with Gasteiger partial charge in [-0.25, -0.2) is 0 Å². The average molecular weight is 200 g/mol. The van der Waals surface area contributed by atoms with Crippen LogP contribution < -0.4 is 0 Å². The second-order valence-electron chi connectivity index (χ2n) is 3.55. The van der Waals surface area contributed by atoms with Gasteiger partial charge in [-0.2, -0.15) is 0 Å². The Morgan fingerprint density at radius 2 is 2.29 bits per heavy atom. The Morgan fingerprint density at radius 1 is 1.57 bits per heavy atom. The molecule has 1 aliphatic rings. The molecule has 0 spiro atoms. The average Bonchev–Trinajstić information content (AvgIpc) is 2.68. The van der Waals surface area contributed by atoms with E-state index >= 15 is 0 Å². The van der Waals surface area contributed by atoms with Crippen molar-refractivity contribution in [2.75, 3.05) is 13.7 Å². The molecule has 2 atom stereocenters. The topological polar surface area (TPSA) is 52.6 Å². The van der Waals surface area contributed by atoms with Gasteiger partial charge in [-0.05, 0) is 19.8 Å². The van der Waals surface area contributed by atoms with Gasteiger partial charge in [0.2, 0.25) is 0 Å². The van der Waals surface area contributed by atoms with Gasteiger partial charge in [-0.3, -0.25) is 9.59 Å². The first-order chi connectivity index (χ1) is 6.65. The quantitative estimate of drug-likeness (QED) is 0.500. The molecule has 1 saturated heterocycles. The molecule has 0 bridgehead atoms. The Labute approximate surface area is 83.6 Å². The summed E-state index contributed by atoms with van der Waals surface area (Å²) in [7, 11) is 1.29. The molecule has 2 unspecified atom stereocenters. The third kappa shape index (κ3) is 2.80. The second-order valence-corrected chi connectivity index (χ2v) is 3.55. The maximum atomic E-state index is 11.5. The van der Waals surface area contributed by atoms with Crippen molar-refractivity contribution in [3.8, 4) is 0 Å². The van der Waals surface area contributed by atoms with E-state index in [-0.39, 0.29) is 11.9 Å². The van der Waals surface area contributed by atoms with Crippen molar-refractivity contribution in [2.45, 2.75) is 32.3 Å². The highest BCUT2D eigenvalue weighted by atomic mass is 16.5. The van der Waals surface area contributed by atoms with Crippen LogP contribution in [0.1, 0.15) is 26.2 Å². The van der Waals surface area contributed by atoms with Crippen molar-refractivity contribution in [3.05, 3.63) is 0 Å². The van der Waals surface area contributed by atoms with Crippen molar-refractivity contribution >= 4 is 11.8 Å². The van der Waals surface area contributed by atoms with Crippen LogP contribution in [0, 0.1) is 5.92 Å². The smallest absolute Gasteiger partial charge is 0.315 e. The summed E-state index contributed by atoms with van der Waals surface area (Å²) < 4.78 is 9.81. The molecule has 80 valence electrons. The van der Waals surface area contributed by atoms with Gasteiger partial charge in [0, 0.05) is 13.0 Å². The maximum Gasteiger partial charge on any atom is 0.315 e. The number of ketones is 1. The molecule has 0 N–H and O–H groups in total. The molecule has 0 aromatic rings. The fourth-order valence-electron chi connectivity index (χ4n) is 1.51. The standard InChI is InChI=1S/C10H16O4/c1-7(10(12)13-2)9(11)6-8-4-3-5-14-8/h7-8H,3-6H2,1-2H3. The normalized spacial score (nSPS) is 23.1. The highest BCUT2D eigenvalue weighted by Crippen LogP contribution is 2.17. The first kappa shape index (κ1) is 11.2. The van der Waals surface area contributed by atoms with Crippen molar-refractivity contribution < 1.29 is 19.1 Å². The van der Waals surface area contributed by atoms with Gasteiger partial charge in [-0.15, -0.1) is 0 Å². The summed E-state index contributed by atoms with van der Waals surface area (Å²) in [6.45, 7) is 2.30. The van der Waals surface area contributed by atoms with E-state index in [9.17, 15) is 9.59 Å². The summed E-state index contributed by atoms with van der Waals surface area (Å²) in [4.78, 5) is 22.6. The van der Waals surface area contributed by atoms with E-state index in [1.807, 2.05) is 0 Å². The van der Waals surface area contributed by atoms with Crippen LogP contribution in [0.3, 0.4) is 0 Å². The molecule has 0 saturated carbocycles. The van der Waals surface area contributed by atoms with E-state index < -0.39 is 11.9 Å². The number of methoxy groups -OCH3 is 1. The Kier molecular flexibility index (Phi) is 4.07. The number of Topliss-reactive ketones (excluding diaryl/α,β-unsaturated/α-hetero) is 1. The van der Waals surface area contributed by atoms with Crippen LogP contribution in [0.15, 0.2) is 0 Å². The van der Waals surface area contributed by atoms with Gasteiger partial charge in [0.25, 0.3) is 0 Å². The number of hydrogen-bond donors (Lipinski definition) is 0. The highest BCUT2D eigenvalue weighted by molar-refractivity contribution is 5.98. The Balaban J connectivity index is 2.36. The number of rotatable bonds is 4. The first-order valence-corrected chi connectivity index (χ1v) is 4.87. The van der Waals surface area contributed by atoms with E-state index in [0.29, 0.717) is 6.42 Å². The van der Waals surface area contributed by atoms with E-state index in [0.717, 1.165) is 19.4 Å². The number of carbonyl (C=O) groups excluding carboxylic acids is 2. The molecule has 0 aliphatic carbocycles. The third-order valence-corrected chi connectivity index (χ3v) is 2.49. The van der Waals surface area contributed by atoms with Gasteiger partial charge in [0.15, 0.2) is 0 Å². The lowest BCUT2D eigenvalue weighted by atomic mass is 10.0. The van der Waals surface area contributed by atoms with Gasteiger partial charge < -0.3 is 9.47 Å². The summed E-state index contributed by atoms with van der Waals surface area (Å²) in [6.07, 6.45) is 2.26. The molecule has 4 nitrogen and oxygen atoms in total. The SMILES string of the molecule is COC(=O)C(C)C(=O)CC1CCCO1. The van der Waals surface area contributed by atoms with E-state index in [1.54, 1.807) is 6.92 Å². The van der Waals surface area contributed by atoms with Crippen LogP contribution in [0.2, 0.25) is 0 Å². The zero-order valence-corrected chi connectivity index (χ0v) is 8.62. The van der Waals surface area contributed by atoms with Crippen LogP contribution in [0.5, 0.6) is 0 Å². The number of esters is 1. The van der Waals surface area contributed by atoms with Gasteiger partial charge in [0.1, 0.15) is 11.7 Å². The van der Waals surface area contributed by atoms with Crippen LogP contribution in [-0.2, 0) is 19.1 Å². The third-order valence-electron chi connectivity index (χ3n) is 2.49. The van der Waals surface area contributed by atoms with Crippen molar-refractivity contribution in [2.24, 2.45) is 5.92 Å². The molecule has 1 rings (SSSR count). The largest absolute Gasteiger partial charge is 0.468 e. The lowest BCUT2D eigenvalue weighted by Crippen LogP contribution is -2.25. The predicted molar refractivity (Wildman–Crippen MR) is 49.8 cm³/mol. The fourth-order valence-corrected chi connectivity index (χ4v) is 1.51. The molecule has 0 amide bonds. The molecule has 4 heteroatoms. The minimum absolute atomic E-state index is 0.00889. The molecular weight excluding hydrogens is 184 g/mol. The van der Waals surface area contributed by atoms with Crippen molar-refractivity contribution in [1.82, 2.24) is 0 Å². The molecule has 1 fully saturated rings. The van der Waals surface area contributed by atoms with Gasteiger partial charge in [-0.1, -0.05) is 0 Å². The highest BCUT2D eigenvalue weighted by Gasteiger charge is 2.26. The summed E-state index contributed by atoms with van der Waals surface area (Å²) in [5.41, 5.74) is 0. The zero-order valence-electron chi connectivity index (χ0n) is 8.62. The van der Waals surface area contributed by atoms with Gasteiger partial charge in [0.05, 0.1) is 13.2 Å². The van der Waals surface area contributed by atoms with E-state index in [1.165, 1.54) is 7.11 Å². The van der Waals surface area contributed by atoms with Crippen LogP contribution >= 0.6 is 0 Å². The lowest BCUT2D eigenvalue weighted by Gasteiger charge is -2.11. The maximum absolute atomic E-state index is 11.5. The van der Waals surface area contributed by atoms with Crippen LogP contribution in [0.25, 0.3) is 0 Å². The molecule has 1 heterocycles. The zero-order chi connectivity index (χ0) is 10.6.